The summed E-state index contributed by atoms with van der Waals surface area (Å²) in [6, 6.07) is 0. The standard InChI is InChI=1S/2C6H11.C3H4O4.Ca/c2*1-2-4-6-5-3-1;4-2(5)1-3(6)7;/h2*1H,2-6H2;1H2,(H,4,5)(H,6,7);/q2*-1;;+2. The number of carboxylic acid groups (broad SMARTS) is 2. The van der Waals surface area contributed by atoms with Crippen LogP contribution in [0.15, 0.2) is 0 Å². The molecule has 0 spiro atoms. The third-order valence-electron chi connectivity index (χ3n) is 2.94. The smallest absolute Gasteiger partial charge is 0.481 e. The van der Waals surface area contributed by atoms with Gasteiger partial charge in [-0.2, -0.15) is 25.7 Å². The van der Waals surface area contributed by atoms with E-state index in [1.54, 1.807) is 0 Å². The van der Waals surface area contributed by atoms with Crippen molar-refractivity contribution in [2.24, 2.45) is 0 Å². The normalized spacial score (nSPS) is 17.2. The van der Waals surface area contributed by atoms with Gasteiger partial charge in [-0.25, -0.2) is 0 Å². The van der Waals surface area contributed by atoms with Gasteiger partial charge in [0.1, 0.15) is 6.42 Å². The first-order chi connectivity index (χ1) is 9.13. The molecule has 2 saturated carbocycles. The van der Waals surface area contributed by atoms with E-state index in [4.69, 9.17) is 10.2 Å². The zero-order valence-corrected chi connectivity index (χ0v) is 14.6. The fraction of sp³-hybridized carbons (Fsp3) is 0.733. The molecular weight excluding hydrogens is 284 g/mol. The van der Waals surface area contributed by atoms with E-state index < -0.39 is 18.4 Å². The molecule has 0 aromatic heterocycles. The van der Waals surface area contributed by atoms with Crippen LogP contribution < -0.4 is 0 Å². The van der Waals surface area contributed by atoms with Gasteiger partial charge in [0, 0.05) is 0 Å². The summed E-state index contributed by atoms with van der Waals surface area (Å²) in [4.78, 5) is 18.9. The molecule has 4 nitrogen and oxygen atoms in total. The number of hydrogen-bond acceptors (Lipinski definition) is 2. The van der Waals surface area contributed by atoms with E-state index in [1.807, 2.05) is 0 Å². The fourth-order valence-corrected chi connectivity index (χ4v) is 1.93. The van der Waals surface area contributed by atoms with Gasteiger partial charge in [-0.05, 0) is 0 Å². The molecule has 0 aliphatic heterocycles. The van der Waals surface area contributed by atoms with Crippen molar-refractivity contribution < 1.29 is 19.8 Å². The Morgan fingerprint density at radius 2 is 1.00 bits per heavy atom. The summed E-state index contributed by atoms with van der Waals surface area (Å²) < 4.78 is 0. The maximum Gasteiger partial charge on any atom is 2.00 e. The van der Waals surface area contributed by atoms with Crippen LogP contribution in [0.25, 0.3) is 0 Å². The van der Waals surface area contributed by atoms with Crippen molar-refractivity contribution in [2.45, 2.75) is 70.6 Å². The molecule has 0 aromatic carbocycles. The summed E-state index contributed by atoms with van der Waals surface area (Å²) in [5.74, 6) is -2.62. The summed E-state index contributed by atoms with van der Waals surface area (Å²) in [6.45, 7) is 0. The van der Waals surface area contributed by atoms with Crippen molar-refractivity contribution in [1.82, 2.24) is 0 Å². The molecule has 0 saturated heterocycles. The molecule has 5 heteroatoms. The molecule has 112 valence electrons. The van der Waals surface area contributed by atoms with Crippen LogP contribution in [0, 0.1) is 12.8 Å². The third kappa shape index (κ3) is 20.5. The molecule has 2 aliphatic carbocycles. The quantitative estimate of drug-likeness (QED) is 0.465. The van der Waals surface area contributed by atoms with Crippen molar-refractivity contribution in [3.63, 3.8) is 0 Å². The first-order valence-electron chi connectivity index (χ1n) is 7.20. The van der Waals surface area contributed by atoms with Crippen LogP contribution in [0.1, 0.15) is 70.6 Å². The predicted molar refractivity (Wildman–Crippen MR) is 80.4 cm³/mol. The Morgan fingerprint density at radius 1 is 0.700 bits per heavy atom. The van der Waals surface area contributed by atoms with Crippen LogP contribution >= 0.6 is 0 Å². The summed E-state index contributed by atoms with van der Waals surface area (Å²) in [5.41, 5.74) is 0. The molecule has 0 unspecified atom stereocenters. The molecule has 2 N–H and O–H groups in total. The Bertz CT molecular complexity index is 189. The average Bonchev–Trinajstić information content (AvgIpc) is 2.42. The zero-order chi connectivity index (χ0) is 14.3. The number of hydrogen-bond donors (Lipinski definition) is 2. The predicted octanol–water partition coefficient (Wildman–Crippen LogP) is 3.47. The molecule has 0 heterocycles. The van der Waals surface area contributed by atoms with Gasteiger partial charge in [-0.3, -0.25) is 9.59 Å². The van der Waals surface area contributed by atoms with Crippen molar-refractivity contribution in [3.05, 3.63) is 12.8 Å². The molecule has 0 atom stereocenters. The summed E-state index contributed by atoms with van der Waals surface area (Å²) in [6.07, 6.45) is 18.2. The minimum absolute atomic E-state index is 0. The van der Waals surface area contributed by atoms with Gasteiger partial charge >= 0.3 is 49.7 Å². The van der Waals surface area contributed by atoms with Crippen LogP contribution in [0.5, 0.6) is 0 Å². The molecule has 0 amide bonds. The SMILES string of the molecule is O=C(O)CC(=O)O.[CH-]1CCCCC1.[CH-]1CCCCC1.[Ca+2]. The van der Waals surface area contributed by atoms with Gasteiger partial charge < -0.3 is 23.1 Å². The van der Waals surface area contributed by atoms with Crippen molar-refractivity contribution in [1.29, 1.82) is 0 Å². The first-order valence-corrected chi connectivity index (χ1v) is 7.20. The third-order valence-corrected chi connectivity index (χ3v) is 2.94. The monoisotopic (exact) mass is 310 g/mol. The second-order valence-electron chi connectivity index (χ2n) is 4.82. The Balaban J connectivity index is 0. The molecule has 2 fully saturated rings. The minimum Gasteiger partial charge on any atom is -0.481 e. The van der Waals surface area contributed by atoms with Crippen LogP contribution in [0.3, 0.4) is 0 Å². The largest absolute Gasteiger partial charge is 2.00 e. The van der Waals surface area contributed by atoms with Crippen LogP contribution in [-0.4, -0.2) is 59.9 Å². The zero-order valence-electron chi connectivity index (χ0n) is 12.4. The van der Waals surface area contributed by atoms with Crippen molar-refractivity contribution >= 4 is 49.7 Å². The number of carboxylic acids is 2. The van der Waals surface area contributed by atoms with Crippen LogP contribution in [0.4, 0.5) is 0 Å². The summed E-state index contributed by atoms with van der Waals surface area (Å²) in [5, 5.41) is 15.4. The molecule has 0 radical (unpaired) electrons. The van der Waals surface area contributed by atoms with E-state index in [1.165, 1.54) is 64.2 Å². The van der Waals surface area contributed by atoms with E-state index in [9.17, 15) is 9.59 Å². The molecule has 0 aromatic rings. The molecule has 0 bridgehead atoms. The van der Waals surface area contributed by atoms with Gasteiger partial charge in [0.05, 0.1) is 0 Å². The van der Waals surface area contributed by atoms with E-state index in [0.29, 0.717) is 0 Å². The van der Waals surface area contributed by atoms with Gasteiger partial charge in [-0.15, -0.1) is 0 Å². The van der Waals surface area contributed by atoms with E-state index >= 15 is 0 Å². The number of carbonyl (C=O) groups is 2. The fourth-order valence-electron chi connectivity index (χ4n) is 1.93. The van der Waals surface area contributed by atoms with Gasteiger partial charge in [0.25, 0.3) is 0 Å². The molecule has 2 rings (SSSR count). The van der Waals surface area contributed by atoms with Gasteiger partial charge in [-0.1, -0.05) is 38.5 Å². The second-order valence-corrected chi connectivity index (χ2v) is 4.82. The molecule has 2 aliphatic rings. The van der Waals surface area contributed by atoms with E-state index in [0.717, 1.165) is 0 Å². The van der Waals surface area contributed by atoms with Gasteiger partial charge in [0.2, 0.25) is 0 Å². The summed E-state index contributed by atoms with van der Waals surface area (Å²) in [7, 11) is 0. The maximum absolute atomic E-state index is 9.43. The van der Waals surface area contributed by atoms with Crippen LogP contribution in [-0.2, 0) is 9.59 Å². The Labute approximate surface area is 152 Å². The number of rotatable bonds is 2. The Kier molecular flexibility index (Phi) is 19.4. The topological polar surface area (TPSA) is 74.6 Å². The van der Waals surface area contributed by atoms with E-state index in [-0.39, 0.29) is 37.7 Å². The van der Waals surface area contributed by atoms with E-state index in [2.05, 4.69) is 12.8 Å². The Hall–Kier alpha value is 0.200. The minimum atomic E-state index is -1.31. The summed E-state index contributed by atoms with van der Waals surface area (Å²) >= 11 is 0. The number of aliphatic carboxylic acids is 2. The average molecular weight is 310 g/mol. The van der Waals surface area contributed by atoms with Crippen molar-refractivity contribution in [3.8, 4) is 0 Å². The maximum atomic E-state index is 9.43. The van der Waals surface area contributed by atoms with Crippen LogP contribution in [0.2, 0.25) is 0 Å². The van der Waals surface area contributed by atoms with Gasteiger partial charge in [0.15, 0.2) is 0 Å². The molecular formula is C15H26CaO4. The second kappa shape index (κ2) is 17.3. The first kappa shape index (κ1) is 22.5. The molecule has 20 heavy (non-hydrogen) atoms. The Morgan fingerprint density at radius 3 is 1.05 bits per heavy atom. The van der Waals surface area contributed by atoms with Crippen molar-refractivity contribution in [2.75, 3.05) is 0 Å².